The number of hydrogen-bond donors (Lipinski definition) is 0. The van der Waals surface area contributed by atoms with Gasteiger partial charge in [-0.15, -0.1) is 0 Å². The van der Waals surface area contributed by atoms with Gasteiger partial charge in [-0.2, -0.15) is 0 Å². The highest BCUT2D eigenvalue weighted by molar-refractivity contribution is 8.15. The molecule has 4 rings (SSSR count). The zero-order chi connectivity index (χ0) is 18.7. The zero-order valence-corrected chi connectivity index (χ0v) is 15.9. The van der Waals surface area contributed by atoms with Crippen LogP contribution in [0.2, 0.25) is 0 Å². The van der Waals surface area contributed by atoms with Gasteiger partial charge in [0.1, 0.15) is 5.04 Å². The lowest BCUT2D eigenvalue weighted by molar-refractivity contribution is 0.0664. The van der Waals surface area contributed by atoms with Crippen LogP contribution in [0.3, 0.4) is 0 Å². The van der Waals surface area contributed by atoms with Crippen molar-refractivity contribution in [2.24, 2.45) is 5.16 Å². The molecule has 0 bridgehead atoms. The van der Waals surface area contributed by atoms with Gasteiger partial charge in [0.25, 0.3) is 0 Å². The van der Waals surface area contributed by atoms with Crippen LogP contribution in [0.1, 0.15) is 16.7 Å². The van der Waals surface area contributed by atoms with Crippen LogP contribution >= 0.6 is 11.8 Å². The van der Waals surface area contributed by atoms with Gasteiger partial charge in [0.2, 0.25) is 4.93 Å². The molecule has 0 aromatic heterocycles. The van der Waals surface area contributed by atoms with Crippen LogP contribution < -0.4 is 9.47 Å². The van der Waals surface area contributed by atoms with Gasteiger partial charge >= 0.3 is 0 Å². The van der Waals surface area contributed by atoms with E-state index in [-0.39, 0.29) is 0 Å². The lowest BCUT2D eigenvalue weighted by Crippen LogP contribution is -2.23. The molecule has 136 valence electrons. The van der Waals surface area contributed by atoms with Crippen LogP contribution in [0.5, 0.6) is 11.5 Å². The molecular formula is C22H19NO3S. The Kier molecular flexibility index (Phi) is 4.77. The standard InChI is InChI=1S/C22H19NO3S/c1-24-19-14-13-18(15-20(19)25-2)22(17-11-7-4-8-12-17)26-23-21(27-22)16-9-5-3-6-10-16/h3-15H,1-2H3. The third-order valence-electron chi connectivity index (χ3n) is 4.44. The molecule has 5 heteroatoms. The van der Waals surface area contributed by atoms with E-state index in [0.29, 0.717) is 11.5 Å². The summed E-state index contributed by atoms with van der Waals surface area (Å²) in [5.74, 6) is 1.33. The largest absolute Gasteiger partial charge is 0.493 e. The molecule has 3 aromatic rings. The van der Waals surface area contributed by atoms with E-state index in [2.05, 4.69) is 5.16 Å². The quantitative estimate of drug-likeness (QED) is 0.625. The van der Waals surface area contributed by atoms with Gasteiger partial charge in [-0.05, 0) is 30.0 Å². The van der Waals surface area contributed by atoms with Crippen molar-refractivity contribution in [2.75, 3.05) is 14.2 Å². The SMILES string of the molecule is COc1ccc(C2(c3ccccc3)ON=C(c3ccccc3)S2)cc1OC. The fourth-order valence-electron chi connectivity index (χ4n) is 3.06. The molecule has 1 unspecified atom stereocenters. The summed E-state index contributed by atoms with van der Waals surface area (Å²) in [6.45, 7) is 0. The second kappa shape index (κ2) is 7.37. The average molecular weight is 377 g/mol. The lowest BCUT2D eigenvalue weighted by Gasteiger charge is -2.27. The summed E-state index contributed by atoms with van der Waals surface area (Å²) < 4.78 is 10.9. The van der Waals surface area contributed by atoms with Gasteiger partial charge in [0.05, 0.1) is 14.2 Å². The highest BCUT2D eigenvalue weighted by Crippen LogP contribution is 2.51. The normalized spacial score (nSPS) is 18.5. The summed E-state index contributed by atoms with van der Waals surface area (Å²) >= 11 is 1.58. The summed E-state index contributed by atoms with van der Waals surface area (Å²) in [5.41, 5.74) is 2.98. The molecule has 1 atom stereocenters. The van der Waals surface area contributed by atoms with Crippen molar-refractivity contribution in [1.82, 2.24) is 0 Å². The number of benzene rings is 3. The molecule has 27 heavy (non-hydrogen) atoms. The van der Waals surface area contributed by atoms with Gasteiger partial charge in [-0.25, -0.2) is 0 Å². The Morgan fingerprint density at radius 3 is 2.11 bits per heavy atom. The number of ether oxygens (including phenoxy) is 2. The second-order valence-corrected chi connectivity index (χ2v) is 7.17. The van der Waals surface area contributed by atoms with Crippen molar-refractivity contribution in [3.05, 3.63) is 95.6 Å². The molecule has 0 saturated carbocycles. The summed E-state index contributed by atoms with van der Waals surface area (Å²) in [5, 5.41) is 5.26. The van der Waals surface area contributed by atoms with E-state index in [1.54, 1.807) is 26.0 Å². The van der Waals surface area contributed by atoms with Crippen LogP contribution in [-0.2, 0) is 9.77 Å². The Labute approximate surface area is 162 Å². The topological polar surface area (TPSA) is 40.0 Å². The van der Waals surface area contributed by atoms with Crippen LogP contribution in [0.4, 0.5) is 0 Å². The maximum atomic E-state index is 6.11. The minimum Gasteiger partial charge on any atom is -0.493 e. The minimum absolute atomic E-state index is 0.655. The van der Waals surface area contributed by atoms with E-state index < -0.39 is 4.93 Å². The van der Waals surface area contributed by atoms with Crippen molar-refractivity contribution in [3.63, 3.8) is 0 Å². The molecule has 0 radical (unpaired) electrons. The van der Waals surface area contributed by atoms with Gasteiger partial charge in [-0.1, -0.05) is 65.8 Å². The van der Waals surface area contributed by atoms with E-state index in [1.807, 2.05) is 78.9 Å². The number of oxime groups is 1. The van der Waals surface area contributed by atoms with Crippen LogP contribution in [-0.4, -0.2) is 19.3 Å². The van der Waals surface area contributed by atoms with E-state index in [9.17, 15) is 0 Å². The van der Waals surface area contributed by atoms with Crippen LogP contribution in [0.25, 0.3) is 0 Å². The number of thioether (sulfide) groups is 1. The molecule has 0 fully saturated rings. The predicted octanol–water partition coefficient (Wildman–Crippen LogP) is 5.03. The first kappa shape index (κ1) is 17.5. The molecular weight excluding hydrogens is 358 g/mol. The molecule has 0 amide bonds. The maximum absolute atomic E-state index is 6.11. The Morgan fingerprint density at radius 1 is 0.778 bits per heavy atom. The molecule has 0 N–H and O–H groups in total. The van der Waals surface area contributed by atoms with E-state index in [1.165, 1.54) is 0 Å². The Balaban J connectivity index is 1.81. The number of hydrogen-bond acceptors (Lipinski definition) is 5. The zero-order valence-electron chi connectivity index (χ0n) is 15.1. The highest BCUT2D eigenvalue weighted by Gasteiger charge is 2.44. The van der Waals surface area contributed by atoms with Gasteiger partial charge < -0.3 is 14.3 Å². The number of methoxy groups -OCH3 is 2. The van der Waals surface area contributed by atoms with E-state index in [4.69, 9.17) is 14.3 Å². The van der Waals surface area contributed by atoms with Gasteiger partial charge in [-0.3, -0.25) is 0 Å². The van der Waals surface area contributed by atoms with Crippen molar-refractivity contribution in [2.45, 2.75) is 4.93 Å². The third kappa shape index (κ3) is 3.15. The molecule has 0 aliphatic carbocycles. The predicted molar refractivity (Wildman–Crippen MR) is 108 cm³/mol. The first-order valence-corrected chi connectivity index (χ1v) is 9.37. The van der Waals surface area contributed by atoms with Crippen molar-refractivity contribution >= 4 is 16.8 Å². The molecule has 1 aliphatic rings. The summed E-state index contributed by atoms with van der Waals surface area (Å²) in [4.78, 5) is 5.32. The third-order valence-corrected chi connectivity index (χ3v) is 5.77. The molecule has 0 saturated heterocycles. The van der Waals surface area contributed by atoms with Crippen LogP contribution in [0.15, 0.2) is 84.0 Å². The first-order valence-electron chi connectivity index (χ1n) is 8.55. The highest BCUT2D eigenvalue weighted by atomic mass is 32.2. The summed E-state index contributed by atoms with van der Waals surface area (Å²) in [7, 11) is 3.26. The van der Waals surface area contributed by atoms with E-state index in [0.717, 1.165) is 21.7 Å². The number of rotatable bonds is 5. The van der Waals surface area contributed by atoms with Crippen molar-refractivity contribution in [3.8, 4) is 11.5 Å². The molecule has 0 spiro atoms. The first-order chi connectivity index (χ1) is 13.3. The molecule has 1 aliphatic heterocycles. The molecule has 3 aromatic carbocycles. The fourth-order valence-corrected chi connectivity index (χ4v) is 4.23. The Bertz CT molecular complexity index is 960. The monoisotopic (exact) mass is 377 g/mol. The second-order valence-electron chi connectivity index (χ2n) is 6.01. The smallest absolute Gasteiger partial charge is 0.239 e. The molecule has 1 heterocycles. The fraction of sp³-hybridized carbons (Fsp3) is 0.136. The van der Waals surface area contributed by atoms with Crippen molar-refractivity contribution in [1.29, 1.82) is 0 Å². The van der Waals surface area contributed by atoms with Crippen molar-refractivity contribution < 1.29 is 14.3 Å². The maximum Gasteiger partial charge on any atom is 0.239 e. The number of nitrogens with zero attached hydrogens (tertiary/aromatic N) is 1. The minimum atomic E-state index is -0.786. The molecule has 4 nitrogen and oxygen atoms in total. The lowest BCUT2D eigenvalue weighted by atomic mass is 10.00. The summed E-state index contributed by atoms with van der Waals surface area (Å²) in [6, 6.07) is 26.0. The average Bonchev–Trinajstić information content (AvgIpc) is 3.21. The van der Waals surface area contributed by atoms with Gasteiger partial charge in [0.15, 0.2) is 11.5 Å². The van der Waals surface area contributed by atoms with E-state index >= 15 is 0 Å². The Morgan fingerprint density at radius 2 is 1.44 bits per heavy atom. The van der Waals surface area contributed by atoms with Gasteiger partial charge in [0, 0.05) is 16.7 Å². The summed E-state index contributed by atoms with van der Waals surface area (Å²) in [6.07, 6.45) is 0. The van der Waals surface area contributed by atoms with Crippen LogP contribution in [0, 0.1) is 0 Å². The Hall–Kier alpha value is -2.92.